The first kappa shape index (κ1) is 27.5. The molecular weight excluding hydrogens is 551 g/mol. The number of halogens is 5. The van der Waals surface area contributed by atoms with Gasteiger partial charge in [0.05, 0.1) is 0 Å². The molecule has 0 heterocycles. The van der Waals surface area contributed by atoms with Crippen molar-refractivity contribution in [2.24, 2.45) is 17.8 Å². The highest BCUT2D eigenvalue weighted by Crippen LogP contribution is 2.54. The number of alkyl halides is 4. The Labute approximate surface area is 213 Å². The summed E-state index contributed by atoms with van der Waals surface area (Å²) >= 11 is -0.0703. The second-order valence-electron chi connectivity index (χ2n) is 11.9. The first-order valence-electron chi connectivity index (χ1n) is 12.2. The fourth-order valence-electron chi connectivity index (χ4n) is 5.03. The lowest BCUT2D eigenvalue weighted by atomic mass is 9.84. The van der Waals surface area contributed by atoms with Gasteiger partial charge in [-0.2, -0.15) is 8.78 Å². The second-order valence-corrected chi connectivity index (χ2v) is 14.9. The van der Waals surface area contributed by atoms with Crippen LogP contribution in [0.15, 0.2) is 48.5 Å². The van der Waals surface area contributed by atoms with Gasteiger partial charge < -0.3 is 0 Å². The van der Waals surface area contributed by atoms with Crippen molar-refractivity contribution < 1.29 is 38.8 Å². The second kappa shape index (κ2) is 10.5. The van der Waals surface area contributed by atoms with E-state index in [-0.39, 0.29) is 38.0 Å². The minimum absolute atomic E-state index is 0.0703. The van der Waals surface area contributed by atoms with Crippen molar-refractivity contribution in [3.8, 4) is 0 Å². The highest BCUT2D eigenvalue weighted by molar-refractivity contribution is 5.23. The number of hydrogen-bond acceptors (Lipinski definition) is 0. The number of hydrogen-bond donors (Lipinski definition) is 0. The molecule has 0 aromatic heterocycles. The molecule has 5 heteroatoms. The number of benzene rings is 2. The molecule has 2 aliphatic rings. The number of fused-ring (bicyclic) bond motifs is 2. The van der Waals surface area contributed by atoms with Crippen molar-refractivity contribution in [1.29, 1.82) is 0 Å². The Morgan fingerprint density at radius 2 is 1.15 bits per heavy atom. The molecule has 2 fully saturated rings. The quantitative estimate of drug-likeness (QED) is 0.316. The molecule has 0 nitrogen and oxygen atoms in total. The molecule has 0 spiro atoms. The fraction of sp³-hybridized carbons (Fsp3) is 0.586. The largest absolute Gasteiger partial charge is 0.357 e. The Morgan fingerprint density at radius 1 is 0.706 bits per heavy atom. The van der Waals surface area contributed by atoms with E-state index >= 15 is 0 Å². The van der Waals surface area contributed by atoms with E-state index in [1.165, 1.54) is 18.3 Å². The van der Waals surface area contributed by atoms with Gasteiger partial charge in [-0.25, -0.2) is 8.78 Å². The molecule has 34 heavy (non-hydrogen) atoms. The zero-order chi connectivity index (χ0) is 25.3. The molecule has 2 aliphatic carbocycles. The lowest BCUT2D eigenvalue weighted by molar-refractivity contribution is -0.597. The summed E-state index contributed by atoms with van der Waals surface area (Å²) in [6.07, 6.45) is -0.760. The van der Waals surface area contributed by atoms with E-state index in [2.05, 4.69) is 90.1 Å². The average Bonchev–Trinajstić information content (AvgIpc) is 3.38. The van der Waals surface area contributed by atoms with Gasteiger partial charge in [-0.1, -0.05) is 72.2 Å². The van der Waals surface area contributed by atoms with Crippen LogP contribution in [0.5, 0.6) is 0 Å². The van der Waals surface area contributed by atoms with Gasteiger partial charge in [-0.3, -0.25) is 0 Å². The van der Waals surface area contributed by atoms with E-state index in [1.54, 1.807) is 0 Å². The molecule has 2 aromatic rings. The van der Waals surface area contributed by atoms with Crippen molar-refractivity contribution >= 4 is 0 Å². The summed E-state index contributed by atoms with van der Waals surface area (Å²) in [6.45, 7) is 13.6. The van der Waals surface area contributed by atoms with Crippen LogP contribution in [0.4, 0.5) is 17.6 Å². The molecule has 3 unspecified atom stereocenters. The van der Waals surface area contributed by atoms with Crippen LogP contribution in [0.2, 0.25) is 0 Å². The van der Waals surface area contributed by atoms with E-state index in [0.717, 1.165) is 19.3 Å². The van der Waals surface area contributed by atoms with Crippen LogP contribution in [-0.4, -0.2) is 12.3 Å². The number of rotatable bonds is 4. The summed E-state index contributed by atoms with van der Waals surface area (Å²) < 4.78 is 53.0. The first-order chi connectivity index (χ1) is 15.7. The highest BCUT2D eigenvalue weighted by atomic mass is 127. The van der Waals surface area contributed by atoms with Crippen LogP contribution in [0.3, 0.4) is 0 Å². The maximum atomic E-state index is 13.0. The summed E-state index contributed by atoms with van der Waals surface area (Å²) in [7, 11) is 0. The Hall–Kier alpha value is -1.11. The van der Waals surface area contributed by atoms with E-state index in [1.807, 2.05) is 0 Å². The smallest absolute Gasteiger partial charge is 0.204 e. The van der Waals surface area contributed by atoms with Crippen molar-refractivity contribution in [1.82, 2.24) is 0 Å². The van der Waals surface area contributed by atoms with Crippen LogP contribution in [0, 0.1) is 24.9 Å². The summed E-state index contributed by atoms with van der Waals surface area (Å²) in [4.78, 5) is 0. The lowest BCUT2D eigenvalue weighted by Gasteiger charge is -2.29. The molecule has 2 bridgehead atoms. The van der Waals surface area contributed by atoms with Crippen LogP contribution < -0.4 is 21.2 Å². The Morgan fingerprint density at radius 3 is 1.44 bits per heavy atom. The first-order valence-corrected chi connectivity index (χ1v) is 14.4. The van der Waals surface area contributed by atoms with Crippen molar-refractivity contribution in [2.45, 2.75) is 90.4 Å². The van der Waals surface area contributed by atoms with E-state index in [9.17, 15) is 17.6 Å². The summed E-state index contributed by atoms with van der Waals surface area (Å²) in [5.74, 6) is -4.65. The predicted molar refractivity (Wildman–Crippen MR) is 128 cm³/mol. The topological polar surface area (TPSA) is 0 Å². The summed E-state index contributed by atoms with van der Waals surface area (Å²) in [5, 5.41) is 0. The zero-order valence-electron chi connectivity index (χ0n) is 21.1. The molecule has 3 atom stereocenters. The third kappa shape index (κ3) is 6.76. The third-order valence-electron chi connectivity index (χ3n) is 7.16. The average molecular weight is 590 g/mol. The van der Waals surface area contributed by atoms with E-state index in [0.29, 0.717) is 12.3 Å². The van der Waals surface area contributed by atoms with Crippen LogP contribution >= 0.6 is 0 Å². The van der Waals surface area contributed by atoms with Gasteiger partial charge >= 0.3 is 33.6 Å². The Kier molecular flexibility index (Phi) is 8.47. The zero-order valence-corrected chi connectivity index (χ0v) is 23.3. The molecular formula is C29H38F4I+. The standard InChI is InChI=1S/C20H26I.C9H12F4/c1-19(2,3)15-7-11-17(12-8-15)21-18-13-9-16(10-14-18)20(4,5)6;10-8(11)9(12,13)7-4-5-1-2-6(7)3-5/h7-14H,1-6H3;5-8H,1-4H2/q+1;. The van der Waals surface area contributed by atoms with Gasteiger partial charge in [0, 0.05) is 5.92 Å². The predicted octanol–water partition coefficient (Wildman–Crippen LogP) is 5.73. The molecule has 4 rings (SSSR count). The molecule has 2 aromatic carbocycles. The van der Waals surface area contributed by atoms with E-state index < -0.39 is 18.3 Å². The van der Waals surface area contributed by atoms with Crippen molar-refractivity contribution in [2.75, 3.05) is 0 Å². The molecule has 2 saturated carbocycles. The Bertz CT molecular complexity index is 865. The fourth-order valence-corrected chi connectivity index (χ4v) is 7.19. The minimum Gasteiger partial charge on any atom is -0.204 e. The summed E-state index contributed by atoms with van der Waals surface area (Å²) in [6, 6.07) is 18.4. The van der Waals surface area contributed by atoms with E-state index in [4.69, 9.17) is 0 Å². The van der Waals surface area contributed by atoms with Gasteiger partial charge in [0.15, 0.2) is 7.14 Å². The molecule has 0 amide bonds. The van der Waals surface area contributed by atoms with Crippen LogP contribution in [-0.2, 0) is 10.8 Å². The van der Waals surface area contributed by atoms with Gasteiger partial charge in [0.1, 0.15) is 0 Å². The maximum absolute atomic E-state index is 13.0. The Balaban J connectivity index is 0.000000212. The normalized spacial score (nSPS) is 22.6. The molecule has 0 N–H and O–H groups in total. The highest BCUT2D eigenvalue weighted by Gasteiger charge is 2.56. The van der Waals surface area contributed by atoms with Gasteiger partial charge in [-0.15, -0.1) is 0 Å². The van der Waals surface area contributed by atoms with Gasteiger partial charge in [0.2, 0.25) is 0 Å². The molecule has 0 radical (unpaired) electrons. The van der Waals surface area contributed by atoms with Crippen molar-refractivity contribution in [3.05, 3.63) is 66.8 Å². The van der Waals surface area contributed by atoms with Crippen LogP contribution in [0.25, 0.3) is 0 Å². The monoisotopic (exact) mass is 589 g/mol. The van der Waals surface area contributed by atoms with Crippen molar-refractivity contribution in [3.63, 3.8) is 0 Å². The molecule has 0 saturated heterocycles. The maximum Gasteiger partial charge on any atom is 0.357 e. The SMILES string of the molecule is CC(C)(C)c1ccc([I+]c2ccc(C(C)(C)C)cc2)cc1.FC(F)C(F)(F)C1CC2CCC1C2. The minimum atomic E-state index is -3.75. The molecule has 188 valence electrons. The van der Waals surface area contributed by atoms with Gasteiger partial charge in [-0.05, 0) is 77.3 Å². The van der Waals surface area contributed by atoms with Gasteiger partial charge in [0.25, 0.3) is 0 Å². The third-order valence-corrected chi connectivity index (χ3v) is 9.85. The summed E-state index contributed by atoms with van der Waals surface area (Å²) in [5.41, 5.74) is 3.31. The lowest BCUT2D eigenvalue weighted by Crippen LogP contribution is -3.61. The molecule has 0 aliphatic heterocycles. The van der Waals surface area contributed by atoms with Crippen LogP contribution in [0.1, 0.15) is 78.4 Å².